The number of ether oxygens (including phenoxy) is 3. The Hall–Kier alpha value is -4.01. The average molecular weight is 521 g/mol. The maximum Gasteiger partial charge on any atom is 0.254 e. The highest BCUT2D eigenvalue weighted by molar-refractivity contribution is 5.95. The summed E-state index contributed by atoms with van der Waals surface area (Å²) in [6, 6.07) is 12.9. The van der Waals surface area contributed by atoms with Crippen LogP contribution in [0, 0.1) is 0 Å². The molecule has 0 saturated carbocycles. The van der Waals surface area contributed by atoms with E-state index in [1.54, 1.807) is 33.5 Å². The number of fused-ring (bicyclic) bond motifs is 1. The van der Waals surface area contributed by atoms with E-state index in [9.17, 15) is 9.59 Å². The van der Waals surface area contributed by atoms with Gasteiger partial charge >= 0.3 is 0 Å². The highest BCUT2D eigenvalue weighted by Gasteiger charge is 2.23. The number of carbonyl (C=O) groups is 2. The number of carbonyl (C=O) groups excluding carboxylic acids is 2. The van der Waals surface area contributed by atoms with Crippen LogP contribution in [0.5, 0.6) is 17.2 Å². The Morgan fingerprint density at radius 1 is 1.03 bits per heavy atom. The van der Waals surface area contributed by atoms with E-state index in [2.05, 4.69) is 0 Å². The Balaban J connectivity index is 1.71. The number of hydrogen-bond acceptors (Lipinski definition) is 7. The SMILES string of the molecule is COc1cccc(C(=O)N(CCCN2CCCC2=O)Cc2cc3c(OC)ccc(OC)c3nc2N(C)C)c1. The lowest BCUT2D eigenvalue weighted by Crippen LogP contribution is -2.35. The van der Waals surface area contributed by atoms with Gasteiger partial charge in [-0.25, -0.2) is 4.98 Å². The molecule has 2 heterocycles. The molecule has 0 bridgehead atoms. The lowest BCUT2D eigenvalue weighted by molar-refractivity contribution is -0.127. The van der Waals surface area contributed by atoms with Crippen LogP contribution < -0.4 is 19.1 Å². The van der Waals surface area contributed by atoms with E-state index in [1.807, 2.05) is 59.1 Å². The van der Waals surface area contributed by atoms with Gasteiger partial charge in [0.1, 0.15) is 28.6 Å². The maximum absolute atomic E-state index is 13.8. The standard InChI is InChI=1S/C29H36N4O5/c1-31(2)28-21(18-23-24(37-4)12-13-25(38-5)27(23)30-28)19-33(16-8-15-32-14-7-11-26(32)34)29(35)20-9-6-10-22(17-20)36-3/h6,9-10,12-13,17-18H,7-8,11,14-16,19H2,1-5H3. The first-order chi connectivity index (χ1) is 18.4. The lowest BCUT2D eigenvalue weighted by atomic mass is 10.1. The van der Waals surface area contributed by atoms with Crippen LogP contribution in [0.4, 0.5) is 5.82 Å². The molecule has 0 N–H and O–H groups in total. The predicted octanol–water partition coefficient (Wildman–Crippen LogP) is 3.98. The minimum Gasteiger partial charge on any atom is -0.497 e. The minimum atomic E-state index is -0.112. The van der Waals surface area contributed by atoms with Gasteiger partial charge in [0.25, 0.3) is 5.91 Å². The number of methoxy groups -OCH3 is 3. The van der Waals surface area contributed by atoms with Gasteiger partial charge in [-0.05, 0) is 49.2 Å². The van der Waals surface area contributed by atoms with Gasteiger partial charge in [-0.3, -0.25) is 9.59 Å². The molecule has 0 atom stereocenters. The van der Waals surface area contributed by atoms with Gasteiger partial charge in [0.05, 0.1) is 21.3 Å². The number of rotatable bonds is 11. The normalized spacial score (nSPS) is 13.1. The smallest absolute Gasteiger partial charge is 0.254 e. The van der Waals surface area contributed by atoms with E-state index in [-0.39, 0.29) is 11.8 Å². The lowest BCUT2D eigenvalue weighted by Gasteiger charge is -2.27. The van der Waals surface area contributed by atoms with Crippen LogP contribution >= 0.6 is 0 Å². The Morgan fingerprint density at radius 2 is 1.79 bits per heavy atom. The molecular formula is C29H36N4O5. The number of nitrogens with zero attached hydrogens (tertiary/aromatic N) is 4. The van der Waals surface area contributed by atoms with Gasteiger partial charge in [0.15, 0.2) is 0 Å². The van der Waals surface area contributed by atoms with Crippen LogP contribution in [0.25, 0.3) is 10.9 Å². The summed E-state index contributed by atoms with van der Waals surface area (Å²) in [5, 5.41) is 0.809. The van der Waals surface area contributed by atoms with Crippen molar-refractivity contribution in [2.24, 2.45) is 0 Å². The van der Waals surface area contributed by atoms with Crippen LogP contribution in [-0.2, 0) is 11.3 Å². The van der Waals surface area contributed by atoms with E-state index in [4.69, 9.17) is 19.2 Å². The van der Waals surface area contributed by atoms with Crippen molar-refractivity contribution in [2.75, 3.05) is 60.0 Å². The number of pyridine rings is 1. The van der Waals surface area contributed by atoms with E-state index >= 15 is 0 Å². The Morgan fingerprint density at radius 3 is 2.45 bits per heavy atom. The van der Waals surface area contributed by atoms with Gasteiger partial charge in [0, 0.05) is 63.2 Å². The third-order valence-corrected chi connectivity index (χ3v) is 6.82. The summed E-state index contributed by atoms with van der Waals surface area (Å²) in [6.07, 6.45) is 2.18. The first kappa shape index (κ1) is 27.0. The molecule has 38 heavy (non-hydrogen) atoms. The topological polar surface area (TPSA) is 84.4 Å². The van der Waals surface area contributed by atoms with Gasteiger partial charge in [-0.15, -0.1) is 0 Å². The number of benzene rings is 2. The number of likely N-dealkylation sites (tertiary alicyclic amines) is 1. The fourth-order valence-electron chi connectivity index (χ4n) is 4.88. The molecule has 202 valence electrons. The second-order valence-corrected chi connectivity index (χ2v) is 9.53. The molecule has 1 fully saturated rings. The van der Waals surface area contributed by atoms with Gasteiger partial charge < -0.3 is 28.9 Å². The van der Waals surface area contributed by atoms with E-state index < -0.39 is 0 Å². The van der Waals surface area contributed by atoms with Crippen LogP contribution in [-0.4, -0.2) is 81.7 Å². The van der Waals surface area contributed by atoms with Crippen molar-refractivity contribution in [1.82, 2.24) is 14.8 Å². The first-order valence-corrected chi connectivity index (χ1v) is 12.8. The molecule has 9 heteroatoms. The molecule has 0 spiro atoms. The Kier molecular flexibility index (Phi) is 8.55. The summed E-state index contributed by atoms with van der Waals surface area (Å²) in [5.41, 5.74) is 2.11. The van der Waals surface area contributed by atoms with Gasteiger partial charge in [0.2, 0.25) is 5.91 Å². The van der Waals surface area contributed by atoms with Crippen molar-refractivity contribution in [3.05, 3.63) is 53.6 Å². The molecule has 2 aromatic carbocycles. The first-order valence-electron chi connectivity index (χ1n) is 12.8. The third kappa shape index (κ3) is 5.77. The third-order valence-electron chi connectivity index (χ3n) is 6.82. The van der Waals surface area contributed by atoms with Crippen LogP contribution in [0.15, 0.2) is 42.5 Å². The zero-order chi connectivity index (χ0) is 27.2. The summed E-state index contributed by atoms with van der Waals surface area (Å²) in [5.74, 6) is 2.76. The average Bonchev–Trinajstić information content (AvgIpc) is 3.35. The summed E-state index contributed by atoms with van der Waals surface area (Å²) in [6.45, 7) is 2.23. The van der Waals surface area contributed by atoms with Crippen LogP contribution in [0.2, 0.25) is 0 Å². The molecule has 1 saturated heterocycles. The predicted molar refractivity (Wildman–Crippen MR) is 147 cm³/mol. The molecule has 0 radical (unpaired) electrons. The van der Waals surface area contributed by atoms with E-state index in [0.717, 1.165) is 29.7 Å². The van der Waals surface area contributed by atoms with Crippen molar-refractivity contribution in [1.29, 1.82) is 0 Å². The maximum atomic E-state index is 13.8. The quantitative estimate of drug-likeness (QED) is 0.378. The molecule has 1 aliphatic heterocycles. The number of aromatic nitrogens is 1. The van der Waals surface area contributed by atoms with Crippen molar-refractivity contribution in [2.45, 2.75) is 25.8 Å². The summed E-state index contributed by atoms with van der Waals surface area (Å²) < 4.78 is 16.5. The fourth-order valence-corrected chi connectivity index (χ4v) is 4.88. The highest BCUT2D eigenvalue weighted by atomic mass is 16.5. The van der Waals surface area contributed by atoms with Crippen LogP contribution in [0.1, 0.15) is 35.2 Å². The Labute approximate surface area is 223 Å². The molecule has 2 amide bonds. The Bertz CT molecular complexity index is 1310. The molecule has 0 aliphatic carbocycles. The molecule has 4 rings (SSSR count). The summed E-state index contributed by atoms with van der Waals surface area (Å²) in [4.78, 5) is 36.5. The molecule has 3 aromatic rings. The van der Waals surface area contributed by atoms with Crippen molar-refractivity contribution in [3.8, 4) is 17.2 Å². The summed E-state index contributed by atoms with van der Waals surface area (Å²) >= 11 is 0. The molecule has 1 aromatic heterocycles. The number of amides is 2. The van der Waals surface area contributed by atoms with Crippen molar-refractivity contribution in [3.63, 3.8) is 0 Å². The zero-order valence-corrected chi connectivity index (χ0v) is 22.8. The zero-order valence-electron chi connectivity index (χ0n) is 22.8. The second kappa shape index (κ2) is 12.0. The van der Waals surface area contributed by atoms with Gasteiger partial charge in [-0.2, -0.15) is 0 Å². The number of hydrogen-bond donors (Lipinski definition) is 0. The van der Waals surface area contributed by atoms with Crippen LogP contribution in [0.3, 0.4) is 0 Å². The molecule has 1 aliphatic rings. The number of anilines is 1. The van der Waals surface area contributed by atoms with E-state index in [1.165, 1.54) is 0 Å². The molecule has 0 unspecified atom stereocenters. The summed E-state index contributed by atoms with van der Waals surface area (Å²) in [7, 11) is 8.68. The largest absolute Gasteiger partial charge is 0.497 e. The van der Waals surface area contributed by atoms with Crippen molar-refractivity contribution >= 4 is 28.5 Å². The highest BCUT2D eigenvalue weighted by Crippen LogP contribution is 2.35. The fraction of sp³-hybridized carbons (Fsp3) is 0.414. The van der Waals surface area contributed by atoms with E-state index in [0.29, 0.717) is 60.8 Å². The minimum absolute atomic E-state index is 0.112. The monoisotopic (exact) mass is 520 g/mol. The molecule has 9 nitrogen and oxygen atoms in total. The second-order valence-electron chi connectivity index (χ2n) is 9.53. The van der Waals surface area contributed by atoms with Gasteiger partial charge in [-0.1, -0.05) is 6.07 Å². The molecular weight excluding hydrogens is 484 g/mol. The van der Waals surface area contributed by atoms with Crippen molar-refractivity contribution < 1.29 is 23.8 Å².